The summed E-state index contributed by atoms with van der Waals surface area (Å²) in [6.45, 7) is 5.55. The fourth-order valence-corrected chi connectivity index (χ4v) is 0.924. The first-order valence-corrected chi connectivity index (χ1v) is 4.46. The quantitative estimate of drug-likeness (QED) is 0.333. The van der Waals surface area contributed by atoms with Gasteiger partial charge in [-0.05, 0) is 12.8 Å². The highest BCUT2D eigenvalue weighted by Gasteiger charge is 2.23. The molecule has 4 N–H and O–H groups in total. The van der Waals surface area contributed by atoms with Crippen molar-refractivity contribution in [3.63, 3.8) is 0 Å². The van der Waals surface area contributed by atoms with Gasteiger partial charge in [-0.25, -0.2) is 10.6 Å². The third-order valence-electron chi connectivity index (χ3n) is 1.64. The highest BCUT2D eigenvalue weighted by molar-refractivity contribution is 5.85. The summed E-state index contributed by atoms with van der Waals surface area (Å²) in [5.41, 5.74) is 1.98. The number of nitrogens with one attached hydrogen (secondary N) is 2. The fraction of sp³-hybridized carbons (Fsp3) is 0.750. The van der Waals surface area contributed by atoms with Crippen molar-refractivity contribution < 1.29 is 14.3 Å². The van der Waals surface area contributed by atoms with Crippen LogP contribution in [0.5, 0.6) is 0 Å². The first-order valence-electron chi connectivity index (χ1n) is 4.46. The molecule has 1 atom stereocenters. The number of nitrogens with two attached hydrogens (primary N) is 1. The predicted octanol–water partition coefficient (Wildman–Crippen LogP) is -0.253. The molecular formula is C8H17N3O3. The van der Waals surface area contributed by atoms with E-state index in [1.807, 2.05) is 5.43 Å². The second-order valence-corrected chi connectivity index (χ2v) is 3.10. The second-order valence-electron chi connectivity index (χ2n) is 3.10. The second kappa shape index (κ2) is 6.20. The van der Waals surface area contributed by atoms with Gasteiger partial charge in [-0.3, -0.25) is 10.2 Å². The van der Waals surface area contributed by atoms with Crippen LogP contribution in [0, 0.1) is 5.92 Å². The molecule has 6 nitrogen and oxygen atoms in total. The van der Waals surface area contributed by atoms with Gasteiger partial charge in [0.05, 0.1) is 6.61 Å². The smallest absolute Gasteiger partial charge is 0.407 e. The van der Waals surface area contributed by atoms with Crippen LogP contribution in [0.25, 0.3) is 0 Å². The molecule has 0 saturated carbocycles. The van der Waals surface area contributed by atoms with E-state index < -0.39 is 18.0 Å². The van der Waals surface area contributed by atoms with Gasteiger partial charge >= 0.3 is 6.09 Å². The van der Waals surface area contributed by atoms with E-state index in [1.165, 1.54) is 0 Å². The monoisotopic (exact) mass is 203 g/mol. The number of ether oxygens (including phenoxy) is 1. The van der Waals surface area contributed by atoms with E-state index in [1.54, 1.807) is 20.8 Å². The average molecular weight is 203 g/mol. The molecule has 0 spiro atoms. The normalized spacial score (nSPS) is 12.1. The lowest BCUT2D eigenvalue weighted by molar-refractivity contribution is -0.124. The van der Waals surface area contributed by atoms with Gasteiger partial charge in [-0.2, -0.15) is 0 Å². The topological polar surface area (TPSA) is 93.4 Å². The Morgan fingerprint density at radius 2 is 2.00 bits per heavy atom. The van der Waals surface area contributed by atoms with Gasteiger partial charge in [0.15, 0.2) is 0 Å². The molecule has 0 aliphatic rings. The summed E-state index contributed by atoms with van der Waals surface area (Å²) in [6, 6.07) is -0.668. The van der Waals surface area contributed by atoms with Crippen LogP contribution in [0.4, 0.5) is 4.79 Å². The molecule has 0 radical (unpaired) electrons. The number of carbonyl (C=O) groups is 2. The van der Waals surface area contributed by atoms with Crippen LogP contribution in [-0.4, -0.2) is 24.6 Å². The van der Waals surface area contributed by atoms with Crippen molar-refractivity contribution in [3.05, 3.63) is 0 Å². The number of hydrazine groups is 1. The first-order chi connectivity index (χ1) is 6.52. The fourth-order valence-electron chi connectivity index (χ4n) is 0.924. The van der Waals surface area contributed by atoms with E-state index in [0.29, 0.717) is 0 Å². The third kappa shape index (κ3) is 4.08. The lowest BCUT2D eigenvalue weighted by Gasteiger charge is -2.19. The summed E-state index contributed by atoms with van der Waals surface area (Å²) in [5, 5.41) is 2.41. The summed E-state index contributed by atoms with van der Waals surface area (Å²) >= 11 is 0. The molecule has 0 fully saturated rings. The Morgan fingerprint density at radius 3 is 2.36 bits per heavy atom. The number of carbonyl (C=O) groups excluding carboxylic acids is 2. The van der Waals surface area contributed by atoms with Gasteiger partial charge in [0.2, 0.25) is 0 Å². The Labute approximate surface area is 83.1 Å². The van der Waals surface area contributed by atoms with Gasteiger partial charge in [0.25, 0.3) is 5.91 Å². The summed E-state index contributed by atoms with van der Waals surface area (Å²) in [6.07, 6.45) is -0.616. The molecule has 0 aromatic rings. The van der Waals surface area contributed by atoms with Crippen LogP contribution >= 0.6 is 0 Å². The van der Waals surface area contributed by atoms with Crippen LogP contribution in [0.15, 0.2) is 0 Å². The van der Waals surface area contributed by atoms with Gasteiger partial charge in [0, 0.05) is 0 Å². The Kier molecular flexibility index (Phi) is 5.62. The van der Waals surface area contributed by atoms with E-state index in [2.05, 4.69) is 10.1 Å². The minimum atomic E-state index is -0.668. The van der Waals surface area contributed by atoms with Crippen molar-refractivity contribution in [1.29, 1.82) is 0 Å². The average Bonchev–Trinajstić information content (AvgIpc) is 2.13. The van der Waals surface area contributed by atoms with E-state index in [9.17, 15) is 9.59 Å². The van der Waals surface area contributed by atoms with E-state index >= 15 is 0 Å². The molecule has 82 valence electrons. The number of alkyl carbamates (subject to hydrolysis) is 1. The van der Waals surface area contributed by atoms with Gasteiger partial charge < -0.3 is 10.1 Å². The molecule has 0 bridgehead atoms. The van der Waals surface area contributed by atoms with Crippen molar-refractivity contribution in [2.24, 2.45) is 11.8 Å². The minimum Gasteiger partial charge on any atom is -0.450 e. The summed E-state index contributed by atoms with van der Waals surface area (Å²) in [5.74, 6) is 4.48. The molecule has 2 amide bonds. The SMILES string of the molecule is CCOC(=O)N[C@H](C(=O)NN)C(C)C. The standard InChI is InChI=1S/C8H17N3O3/c1-4-14-8(13)10-6(5(2)3)7(12)11-9/h5-6H,4,9H2,1-3H3,(H,10,13)(H,11,12)/t6-/m0/s1. The zero-order valence-electron chi connectivity index (χ0n) is 8.66. The number of amides is 2. The molecule has 14 heavy (non-hydrogen) atoms. The van der Waals surface area contributed by atoms with Crippen molar-refractivity contribution in [1.82, 2.24) is 10.7 Å². The highest BCUT2D eigenvalue weighted by Crippen LogP contribution is 2.01. The Morgan fingerprint density at radius 1 is 1.43 bits per heavy atom. The van der Waals surface area contributed by atoms with Crippen LogP contribution in [0.3, 0.4) is 0 Å². The first kappa shape index (κ1) is 12.7. The Hall–Kier alpha value is -1.30. The molecule has 0 aliphatic heterocycles. The maximum Gasteiger partial charge on any atom is 0.407 e. The summed E-state index contributed by atoms with van der Waals surface area (Å²) < 4.78 is 4.65. The Balaban J connectivity index is 4.23. The lowest BCUT2D eigenvalue weighted by atomic mass is 10.0. The molecule has 6 heteroatoms. The lowest BCUT2D eigenvalue weighted by Crippen LogP contribution is -2.51. The molecule has 0 saturated heterocycles. The maximum atomic E-state index is 11.2. The maximum absolute atomic E-state index is 11.2. The van der Waals surface area contributed by atoms with E-state index in [0.717, 1.165) is 0 Å². The van der Waals surface area contributed by atoms with Gasteiger partial charge in [-0.1, -0.05) is 13.8 Å². The Bertz CT molecular complexity index is 206. The van der Waals surface area contributed by atoms with Crippen LogP contribution in [0.1, 0.15) is 20.8 Å². The minimum absolute atomic E-state index is 0.0528. The largest absolute Gasteiger partial charge is 0.450 e. The number of rotatable bonds is 4. The van der Waals surface area contributed by atoms with Crippen LogP contribution < -0.4 is 16.6 Å². The number of hydrogen-bond donors (Lipinski definition) is 3. The summed E-state index contributed by atoms with van der Waals surface area (Å²) in [7, 11) is 0. The van der Waals surface area contributed by atoms with Crippen molar-refractivity contribution in [2.75, 3.05) is 6.61 Å². The van der Waals surface area contributed by atoms with Crippen molar-refractivity contribution in [2.45, 2.75) is 26.8 Å². The van der Waals surface area contributed by atoms with Crippen molar-refractivity contribution >= 4 is 12.0 Å². The highest BCUT2D eigenvalue weighted by atomic mass is 16.5. The molecule has 0 aromatic heterocycles. The molecule has 0 unspecified atom stereocenters. The van der Waals surface area contributed by atoms with Gasteiger partial charge in [-0.15, -0.1) is 0 Å². The molecule has 0 rings (SSSR count). The molecular weight excluding hydrogens is 186 g/mol. The van der Waals surface area contributed by atoms with Gasteiger partial charge in [0.1, 0.15) is 6.04 Å². The van der Waals surface area contributed by atoms with Crippen LogP contribution in [0.2, 0.25) is 0 Å². The number of hydrogen-bond acceptors (Lipinski definition) is 4. The van der Waals surface area contributed by atoms with E-state index in [-0.39, 0.29) is 12.5 Å². The molecule has 0 heterocycles. The van der Waals surface area contributed by atoms with E-state index in [4.69, 9.17) is 5.84 Å². The zero-order valence-corrected chi connectivity index (χ0v) is 8.66. The molecule has 0 aliphatic carbocycles. The zero-order chi connectivity index (χ0) is 11.1. The van der Waals surface area contributed by atoms with Crippen LogP contribution in [-0.2, 0) is 9.53 Å². The third-order valence-corrected chi connectivity index (χ3v) is 1.64. The molecule has 0 aromatic carbocycles. The summed E-state index contributed by atoms with van der Waals surface area (Å²) in [4.78, 5) is 22.2. The van der Waals surface area contributed by atoms with Crippen molar-refractivity contribution in [3.8, 4) is 0 Å². The predicted molar refractivity (Wildman–Crippen MR) is 51.1 cm³/mol.